The molecule has 1 heterocycles. The summed E-state index contributed by atoms with van der Waals surface area (Å²) in [6, 6.07) is 26.2. The predicted molar refractivity (Wildman–Crippen MR) is 193 cm³/mol. The SMILES string of the molecule is COC(=O)[C@H](NC(=O)OC(C)(C)C)[C@H]1O[C@H](COCc2ccccc2)[C@H](OCc2ccccc2)[C@H](OCc2ccccc2)[C@@H]1NC(=O)OC(C)(C)C. The largest absolute Gasteiger partial charge is 0.467 e. The van der Waals surface area contributed by atoms with Crippen molar-refractivity contribution in [2.24, 2.45) is 0 Å². The number of amides is 2. The van der Waals surface area contributed by atoms with Gasteiger partial charge in [0.2, 0.25) is 0 Å². The van der Waals surface area contributed by atoms with Crippen molar-refractivity contribution in [1.29, 1.82) is 0 Å². The first-order chi connectivity index (χ1) is 24.7. The van der Waals surface area contributed by atoms with E-state index >= 15 is 0 Å². The lowest BCUT2D eigenvalue weighted by Crippen LogP contribution is -2.71. The number of rotatable bonds is 14. The number of benzene rings is 3. The van der Waals surface area contributed by atoms with E-state index in [9.17, 15) is 14.4 Å². The standard InChI is InChI=1S/C40H52N2O10/c1-39(2,3)51-37(44)41-31-34(32(36(43)46-7)42-38(45)52-40(4,5)6)50-30(26-47-23-27-17-11-8-12-18-27)33(48-24-28-19-13-9-14-20-28)35(31)49-25-29-21-15-10-16-22-29/h8-22,30-35H,23-26H2,1-7H3,(H,41,44)(H,42,45)/t30-,31-,32-,33+,34+,35-/m1/s1. The first kappa shape index (κ1) is 40.3. The average molecular weight is 721 g/mol. The molecule has 0 radical (unpaired) electrons. The third-order valence-corrected chi connectivity index (χ3v) is 7.83. The van der Waals surface area contributed by atoms with Gasteiger partial charge in [0.25, 0.3) is 0 Å². The molecule has 0 bridgehead atoms. The number of methoxy groups -OCH3 is 1. The van der Waals surface area contributed by atoms with E-state index in [0.717, 1.165) is 16.7 Å². The van der Waals surface area contributed by atoms with Gasteiger partial charge in [-0.2, -0.15) is 0 Å². The summed E-state index contributed by atoms with van der Waals surface area (Å²) in [7, 11) is 1.20. The number of carbonyl (C=O) groups is 3. The minimum Gasteiger partial charge on any atom is -0.467 e. The molecule has 52 heavy (non-hydrogen) atoms. The highest BCUT2D eigenvalue weighted by molar-refractivity contribution is 5.82. The number of carbonyl (C=O) groups excluding carboxylic acids is 3. The minimum atomic E-state index is -1.46. The van der Waals surface area contributed by atoms with E-state index < -0.39 is 65.9 Å². The smallest absolute Gasteiger partial charge is 0.408 e. The molecule has 2 N–H and O–H groups in total. The summed E-state index contributed by atoms with van der Waals surface area (Å²) < 4.78 is 42.5. The van der Waals surface area contributed by atoms with Gasteiger partial charge in [0.15, 0.2) is 6.04 Å². The van der Waals surface area contributed by atoms with Crippen molar-refractivity contribution in [1.82, 2.24) is 10.6 Å². The van der Waals surface area contributed by atoms with E-state index in [1.807, 2.05) is 91.0 Å². The molecule has 3 aromatic rings. The van der Waals surface area contributed by atoms with Crippen LogP contribution in [0.3, 0.4) is 0 Å². The molecule has 3 aromatic carbocycles. The molecular weight excluding hydrogens is 668 g/mol. The zero-order valence-corrected chi connectivity index (χ0v) is 31.0. The van der Waals surface area contributed by atoms with Gasteiger partial charge in [-0.25, -0.2) is 14.4 Å². The number of ether oxygens (including phenoxy) is 7. The molecule has 1 fully saturated rings. The highest BCUT2D eigenvalue weighted by atomic mass is 16.6. The second kappa shape index (κ2) is 18.8. The molecule has 1 aliphatic heterocycles. The minimum absolute atomic E-state index is 0.00946. The van der Waals surface area contributed by atoms with Gasteiger partial charge < -0.3 is 43.8 Å². The van der Waals surface area contributed by atoms with Crippen LogP contribution in [0.25, 0.3) is 0 Å². The van der Waals surface area contributed by atoms with Gasteiger partial charge in [-0.15, -0.1) is 0 Å². The monoisotopic (exact) mass is 720 g/mol. The molecule has 12 nitrogen and oxygen atoms in total. The molecule has 0 saturated carbocycles. The second-order valence-electron chi connectivity index (χ2n) is 14.5. The van der Waals surface area contributed by atoms with E-state index in [1.54, 1.807) is 41.5 Å². The molecule has 282 valence electrons. The van der Waals surface area contributed by atoms with E-state index in [1.165, 1.54) is 7.11 Å². The van der Waals surface area contributed by atoms with Crippen molar-refractivity contribution in [2.45, 2.75) is 109 Å². The Bertz CT molecular complexity index is 1540. The summed E-state index contributed by atoms with van der Waals surface area (Å²) in [5, 5.41) is 5.52. The Kier molecular flexibility index (Phi) is 14.6. The zero-order chi connectivity index (χ0) is 37.7. The number of nitrogens with one attached hydrogen (secondary N) is 2. The predicted octanol–water partition coefficient (Wildman–Crippen LogP) is 6.10. The summed E-state index contributed by atoms with van der Waals surface area (Å²) in [4.78, 5) is 40.2. The highest BCUT2D eigenvalue weighted by Gasteiger charge is 2.53. The number of esters is 1. The van der Waals surface area contributed by atoms with E-state index in [0.29, 0.717) is 0 Å². The number of alkyl carbamates (subject to hydrolysis) is 2. The van der Waals surface area contributed by atoms with Gasteiger partial charge in [-0.3, -0.25) is 0 Å². The van der Waals surface area contributed by atoms with Gasteiger partial charge in [-0.1, -0.05) is 91.0 Å². The van der Waals surface area contributed by atoms with Gasteiger partial charge in [0, 0.05) is 0 Å². The molecule has 1 saturated heterocycles. The Morgan fingerprint density at radius 1 is 0.673 bits per heavy atom. The van der Waals surface area contributed by atoms with Crippen LogP contribution in [0.15, 0.2) is 91.0 Å². The topological polar surface area (TPSA) is 140 Å². The van der Waals surface area contributed by atoms with Crippen LogP contribution in [0.1, 0.15) is 58.2 Å². The fraction of sp³-hybridized carbons (Fsp3) is 0.475. The fourth-order valence-corrected chi connectivity index (χ4v) is 5.63. The maximum Gasteiger partial charge on any atom is 0.408 e. The summed E-state index contributed by atoms with van der Waals surface area (Å²) in [6.07, 6.45) is -5.62. The van der Waals surface area contributed by atoms with Crippen LogP contribution in [0.5, 0.6) is 0 Å². The van der Waals surface area contributed by atoms with Crippen LogP contribution in [0.4, 0.5) is 9.59 Å². The van der Waals surface area contributed by atoms with Crippen LogP contribution in [-0.4, -0.2) is 79.6 Å². The average Bonchev–Trinajstić information content (AvgIpc) is 3.09. The summed E-state index contributed by atoms with van der Waals surface area (Å²) in [5.41, 5.74) is 0.959. The highest BCUT2D eigenvalue weighted by Crippen LogP contribution is 2.31. The molecule has 0 unspecified atom stereocenters. The molecule has 0 aliphatic carbocycles. The van der Waals surface area contributed by atoms with Crippen LogP contribution >= 0.6 is 0 Å². The van der Waals surface area contributed by atoms with Gasteiger partial charge in [-0.05, 0) is 58.2 Å². The number of hydrogen-bond acceptors (Lipinski definition) is 10. The Labute approximate surface area is 306 Å². The Balaban J connectivity index is 1.79. The molecule has 0 spiro atoms. The van der Waals surface area contributed by atoms with Crippen molar-refractivity contribution in [2.75, 3.05) is 13.7 Å². The maximum absolute atomic E-state index is 13.5. The summed E-state index contributed by atoms with van der Waals surface area (Å²) in [6.45, 7) is 10.9. The lowest BCUT2D eigenvalue weighted by molar-refractivity contribution is -0.237. The van der Waals surface area contributed by atoms with Crippen molar-refractivity contribution in [3.63, 3.8) is 0 Å². The second-order valence-corrected chi connectivity index (χ2v) is 14.5. The quantitative estimate of drug-likeness (QED) is 0.148. The van der Waals surface area contributed by atoms with E-state index in [-0.39, 0.29) is 26.4 Å². The van der Waals surface area contributed by atoms with E-state index in [2.05, 4.69) is 10.6 Å². The summed E-state index contributed by atoms with van der Waals surface area (Å²) >= 11 is 0. The molecule has 2 amide bonds. The first-order valence-corrected chi connectivity index (χ1v) is 17.4. The Morgan fingerprint density at radius 2 is 1.13 bits per heavy atom. The zero-order valence-electron chi connectivity index (χ0n) is 31.0. The van der Waals surface area contributed by atoms with Crippen molar-refractivity contribution in [3.8, 4) is 0 Å². The van der Waals surface area contributed by atoms with Gasteiger partial charge in [0.05, 0.1) is 39.6 Å². The third-order valence-electron chi connectivity index (χ3n) is 7.83. The van der Waals surface area contributed by atoms with Gasteiger partial charge in [0.1, 0.15) is 35.6 Å². The molecule has 12 heteroatoms. The van der Waals surface area contributed by atoms with Crippen molar-refractivity contribution < 1.29 is 47.5 Å². The maximum atomic E-state index is 13.5. The van der Waals surface area contributed by atoms with Gasteiger partial charge >= 0.3 is 18.2 Å². The molecule has 6 atom stereocenters. The van der Waals surface area contributed by atoms with Crippen LogP contribution in [0.2, 0.25) is 0 Å². The Morgan fingerprint density at radius 3 is 1.62 bits per heavy atom. The molecular formula is C40H52N2O10. The molecule has 0 aromatic heterocycles. The number of hydrogen-bond donors (Lipinski definition) is 2. The molecule has 4 rings (SSSR count). The van der Waals surface area contributed by atoms with Crippen LogP contribution in [0, 0.1) is 0 Å². The first-order valence-electron chi connectivity index (χ1n) is 17.4. The lowest BCUT2D eigenvalue weighted by Gasteiger charge is -2.48. The summed E-state index contributed by atoms with van der Waals surface area (Å²) in [5.74, 6) is -0.832. The molecule has 1 aliphatic rings. The lowest BCUT2D eigenvalue weighted by atomic mass is 9.88. The van der Waals surface area contributed by atoms with Crippen molar-refractivity contribution >= 4 is 18.2 Å². The van der Waals surface area contributed by atoms with Crippen LogP contribution in [-0.2, 0) is 57.8 Å². The fourth-order valence-electron chi connectivity index (χ4n) is 5.63. The normalized spacial score (nSPS) is 21.0. The third kappa shape index (κ3) is 12.9. The Hall–Kier alpha value is -4.49. The van der Waals surface area contributed by atoms with Crippen LogP contribution < -0.4 is 10.6 Å². The van der Waals surface area contributed by atoms with Crippen molar-refractivity contribution in [3.05, 3.63) is 108 Å². The van der Waals surface area contributed by atoms with E-state index in [4.69, 9.17) is 33.2 Å².